The Morgan fingerprint density at radius 2 is 1.83 bits per heavy atom. The molecule has 0 spiro atoms. The molecule has 3 N–H and O–H groups in total. The minimum atomic E-state index is -4.60. The van der Waals surface area contributed by atoms with E-state index in [4.69, 9.17) is 10.5 Å². The molecule has 0 radical (unpaired) electrons. The third-order valence-electron chi connectivity index (χ3n) is 6.28. The van der Waals surface area contributed by atoms with Crippen LogP contribution in [0.15, 0.2) is 36.5 Å². The summed E-state index contributed by atoms with van der Waals surface area (Å²) < 4.78 is 47.2. The summed E-state index contributed by atoms with van der Waals surface area (Å²) in [7, 11) is 0. The van der Waals surface area contributed by atoms with Gasteiger partial charge in [-0.15, -0.1) is 0 Å². The molecule has 192 valence electrons. The summed E-state index contributed by atoms with van der Waals surface area (Å²) in [6.45, 7) is 5.75. The minimum absolute atomic E-state index is 0.0277. The first kappa shape index (κ1) is 27.0. The van der Waals surface area contributed by atoms with Crippen molar-refractivity contribution in [3.63, 3.8) is 0 Å². The van der Waals surface area contributed by atoms with Crippen LogP contribution < -0.4 is 15.8 Å². The highest BCUT2D eigenvalue weighted by Gasteiger charge is 2.35. The monoisotopic (exact) mass is 491 g/mol. The van der Waals surface area contributed by atoms with E-state index < -0.39 is 17.3 Å². The quantitative estimate of drug-likeness (QED) is 0.404. The predicted octanol–water partition coefficient (Wildman–Crippen LogP) is 6.82. The molecule has 1 heterocycles. The molecule has 2 aromatic rings. The van der Waals surface area contributed by atoms with Crippen LogP contribution in [0.3, 0.4) is 0 Å². The third-order valence-corrected chi connectivity index (χ3v) is 6.28. The van der Waals surface area contributed by atoms with Gasteiger partial charge in [-0.05, 0) is 73.4 Å². The number of hydrogen-bond donors (Lipinski definition) is 2. The number of anilines is 1. The van der Waals surface area contributed by atoms with Crippen LogP contribution in [-0.4, -0.2) is 23.0 Å². The third kappa shape index (κ3) is 8.23. The Morgan fingerprint density at radius 1 is 1.14 bits per heavy atom. The Kier molecular flexibility index (Phi) is 8.80. The van der Waals surface area contributed by atoms with Crippen LogP contribution in [0.2, 0.25) is 0 Å². The summed E-state index contributed by atoms with van der Waals surface area (Å²) >= 11 is 0. The molecule has 1 amide bonds. The van der Waals surface area contributed by atoms with Crippen molar-refractivity contribution in [1.82, 2.24) is 4.98 Å². The van der Waals surface area contributed by atoms with Gasteiger partial charge in [-0.1, -0.05) is 39.2 Å². The Hall–Kier alpha value is -2.61. The van der Waals surface area contributed by atoms with Crippen LogP contribution in [0.25, 0.3) is 11.1 Å². The lowest BCUT2D eigenvalue weighted by Gasteiger charge is -2.27. The van der Waals surface area contributed by atoms with Gasteiger partial charge >= 0.3 is 6.18 Å². The van der Waals surface area contributed by atoms with Gasteiger partial charge in [0.2, 0.25) is 5.91 Å². The van der Waals surface area contributed by atoms with E-state index in [1.807, 2.05) is 13.8 Å². The molecule has 1 atom stereocenters. The van der Waals surface area contributed by atoms with Gasteiger partial charge in [0.25, 0.3) is 0 Å². The van der Waals surface area contributed by atoms with E-state index in [2.05, 4.69) is 10.3 Å². The second-order valence-electron chi connectivity index (χ2n) is 10.4. The summed E-state index contributed by atoms with van der Waals surface area (Å²) in [6, 6.07) is 7.17. The highest BCUT2D eigenvalue weighted by Crippen LogP contribution is 2.39. The number of carbonyl (C=O) groups is 1. The van der Waals surface area contributed by atoms with Gasteiger partial charge in [0.1, 0.15) is 18.2 Å². The molecule has 1 fully saturated rings. The van der Waals surface area contributed by atoms with Crippen molar-refractivity contribution < 1.29 is 22.7 Å². The summed E-state index contributed by atoms with van der Waals surface area (Å²) in [5, 5.41) is 2.80. The molecule has 1 aromatic heterocycles. The number of hydrogen-bond acceptors (Lipinski definition) is 4. The normalized spacial score (nSPS) is 16.7. The summed E-state index contributed by atoms with van der Waals surface area (Å²) in [4.78, 5) is 16.6. The van der Waals surface area contributed by atoms with Gasteiger partial charge in [-0.25, -0.2) is 4.98 Å². The maximum Gasteiger partial charge on any atom is 0.419 e. The Morgan fingerprint density at radius 3 is 2.49 bits per heavy atom. The van der Waals surface area contributed by atoms with Gasteiger partial charge in [-0.2, -0.15) is 13.2 Å². The first-order chi connectivity index (χ1) is 16.4. The second kappa shape index (κ2) is 11.4. The largest absolute Gasteiger partial charge is 0.491 e. The van der Waals surface area contributed by atoms with Crippen molar-refractivity contribution in [2.24, 2.45) is 17.6 Å². The number of ether oxygens (including phenoxy) is 1. The average Bonchev–Trinajstić information content (AvgIpc) is 2.77. The van der Waals surface area contributed by atoms with E-state index in [0.717, 1.165) is 31.7 Å². The zero-order valence-electron chi connectivity index (χ0n) is 20.8. The molecular formula is C27H36F3N3O2. The SMILES string of the molecule is CC(C)CC(C)(N)COc1ccc(-c2ccnc(NC(=O)CC3CCCCC3)c2)cc1C(F)(F)F. The fourth-order valence-electron chi connectivity index (χ4n) is 4.82. The highest BCUT2D eigenvalue weighted by molar-refractivity contribution is 5.90. The molecule has 35 heavy (non-hydrogen) atoms. The van der Waals surface area contributed by atoms with Crippen molar-refractivity contribution in [1.29, 1.82) is 0 Å². The van der Waals surface area contributed by atoms with Gasteiger partial charge < -0.3 is 15.8 Å². The molecule has 1 saturated carbocycles. The lowest BCUT2D eigenvalue weighted by molar-refractivity contribution is -0.139. The molecule has 3 rings (SSSR count). The lowest BCUT2D eigenvalue weighted by atomic mass is 9.87. The van der Waals surface area contributed by atoms with Crippen LogP contribution in [0, 0.1) is 11.8 Å². The summed E-state index contributed by atoms with van der Waals surface area (Å²) in [5.74, 6) is 0.626. The van der Waals surface area contributed by atoms with Crippen molar-refractivity contribution in [3.05, 3.63) is 42.1 Å². The maximum atomic E-state index is 13.9. The van der Waals surface area contributed by atoms with E-state index >= 15 is 0 Å². The standard InChI is InChI=1S/C27H36F3N3O2/c1-18(2)16-26(3,31)17-35-23-10-9-20(14-22(23)27(28,29)30)21-11-12-32-24(15-21)33-25(34)13-19-7-5-4-6-8-19/h9-12,14-15,18-19H,4-8,13,16-17,31H2,1-3H3,(H,32,33,34). The van der Waals surface area contributed by atoms with Gasteiger partial charge in [0.15, 0.2) is 0 Å². The highest BCUT2D eigenvalue weighted by atomic mass is 19.4. The van der Waals surface area contributed by atoms with E-state index in [-0.39, 0.29) is 18.3 Å². The number of nitrogens with one attached hydrogen (secondary N) is 1. The summed E-state index contributed by atoms with van der Waals surface area (Å²) in [6.07, 6.45) is 3.56. The number of nitrogens with two attached hydrogens (primary N) is 1. The Balaban J connectivity index is 1.76. The van der Waals surface area contributed by atoms with Crippen molar-refractivity contribution in [2.45, 2.75) is 77.4 Å². The number of benzene rings is 1. The number of aromatic nitrogens is 1. The molecule has 0 aliphatic heterocycles. The van der Waals surface area contributed by atoms with E-state index in [1.165, 1.54) is 18.7 Å². The molecule has 1 unspecified atom stereocenters. The topological polar surface area (TPSA) is 77.2 Å². The van der Waals surface area contributed by atoms with Gasteiger partial charge in [0.05, 0.1) is 5.56 Å². The first-order valence-electron chi connectivity index (χ1n) is 12.3. The van der Waals surface area contributed by atoms with E-state index in [1.54, 1.807) is 25.1 Å². The number of pyridine rings is 1. The van der Waals surface area contributed by atoms with Crippen molar-refractivity contribution in [3.8, 4) is 16.9 Å². The van der Waals surface area contributed by atoms with Crippen LogP contribution in [0.4, 0.5) is 19.0 Å². The first-order valence-corrected chi connectivity index (χ1v) is 12.3. The Labute approximate surface area is 205 Å². The molecule has 1 aliphatic rings. The second-order valence-corrected chi connectivity index (χ2v) is 10.4. The van der Waals surface area contributed by atoms with Crippen LogP contribution in [-0.2, 0) is 11.0 Å². The number of halogens is 3. The van der Waals surface area contributed by atoms with Gasteiger partial charge in [0, 0.05) is 18.2 Å². The smallest absolute Gasteiger partial charge is 0.419 e. The molecule has 5 nitrogen and oxygen atoms in total. The minimum Gasteiger partial charge on any atom is -0.491 e. The lowest BCUT2D eigenvalue weighted by Crippen LogP contribution is -2.43. The van der Waals surface area contributed by atoms with Crippen molar-refractivity contribution >= 4 is 11.7 Å². The molecule has 1 aliphatic carbocycles. The molecule has 8 heteroatoms. The predicted molar refractivity (Wildman–Crippen MR) is 132 cm³/mol. The fraction of sp³-hybridized carbons (Fsp3) is 0.556. The molecular weight excluding hydrogens is 455 g/mol. The van der Waals surface area contributed by atoms with E-state index in [9.17, 15) is 18.0 Å². The molecule has 0 saturated heterocycles. The molecule has 1 aromatic carbocycles. The average molecular weight is 492 g/mol. The van der Waals surface area contributed by atoms with Crippen LogP contribution in [0.1, 0.15) is 71.3 Å². The van der Waals surface area contributed by atoms with Gasteiger partial charge in [-0.3, -0.25) is 4.79 Å². The van der Waals surface area contributed by atoms with Crippen LogP contribution >= 0.6 is 0 Å². The van der Waals surface area contributed by atoms with Crippen molar-refractivity contribution in [2.75, 3.05) is 11.9 Å². The number of alkyl halides is 3. The molecule has 0 bridgehead atoms. The number of carbonyl (C=O) groups excluding carboxylic acids is 1. The maximum absolute atomic E-state index is 13.9. The fourth-order valence-corrected chi connectivity index (χ4v) is 4.82. The van der Waals surface area contributed by atoms with E-state index in [0.29, 0.717) is 41.6 Å². The zero-order valence-corrected chi connectivity index (χ0v) is 20.8. The number of rotatable bonds is 9. The Bertz CT molecular complexity index is 999. The zero-order chi connectivity index (χ0) is 25.6. The number of amides is 1. The van der Waals surface area contributed by atoms with Crippen LogP contribution in [0.5, 0.6) is 5.75 Å². The number of nitrogens with zero attached hydrogens (tertiary/aromatic N) is 1. The summed E-state index contributed by atoms with van der Waals surface area (Å²) in [5.41, 5.74) is 5.48.